The molecule has 3 heterocycles. The number of anilines is 2. The second-order valence-electron chi connectivity index (χ2n) is 9.89. The van der Waals surface area contributed by atoms with Crippen molar-refractivity contribution in [3.05, 3.63) is 107 Å². The van der Waals surface area contributed by atoms with E-state index in [0.29, 0.717) is 48.0 Å². The van der Waals surface area contributed by atoms with Gasteiger partial charge in [0.05, 0.1) is 32.6 Å². The average molecular weight is 596 g/mol. The number of carbonyl (C=O) groups is 1. The Balaban J connectivity index is 1.45. The summed E-state index contributed by atoms with van der Waals surface area (Å²) in [7, 11) is 2.99. The molecule has 226 valence electrons. The number of ketones is 1. The molecule has 44 heavy (non-hydrogen) atoms. The Morgan fingerprint density at radius 2 is 1.91 bits per heavy atom. The van der Waals surface area contributed by atoms with Crippen LogP contribution in [0.15, 0.2) is 78.3 Å². The van der Waals surface area contributed by atoms with Crippen molar-refractivity contribution in [3.63, 3.8) is 0 Å². The summed E-state index contributed by atoms with van der Waals surface area (Å²) < 4.78 is 16.7. The maximum Gasteiger partial charge on any atom is 0.221 e. The number of allylic oxidation sites excluding steroid dienone is 1. The molecule has 12 nitrogen and oxygen atoms in total. The zero-order valence-electron chi connectivity index (χ0n) is 24.4. The van der Waals surface area contributed by atoms with Crippen LogP contribution in [0.1, 0.15) is 50.6 Å². The van der Waals surface area contributed by atoms with Gasteiger partial charge in [-0.2, -0.15) is 10.1 Å². The number of methoxy groups -OCH3 is 2. The van der Waals surface area contributed by atoms with Crippen molar-refractivity contribution in [1.82, 2.24) is 20.0 Å². The largest absolute Gasteiger partial charge is 0.493 e. The molecule has 1 atom stereocenters. The van der Waals surface area contributed by atoms with Gasteiger partial charge >= 0.3 is 0 Å². The first kappa shape index (κ1) is 30.0. The number of hydrogen-bond acceptors (Lipinski definition) is 12. The second kappa shape index (κ2) is 13.7. The molecular formula is C32H33N7O5. The minimum absolute atomic E-state index is 0.0457. The number of aromatic nitrogens is 3. The highest BCUT2D eigenvalue weighted by Gasteiger charge is 2.26. The Labute approximate surface area is 254 Å². The first-order chi connectivity index (χ1) is 21.4. The molecular weight excluding hydrogens is 562 g/mol. The van der Waals surface area contributed by atoms with E-state index in [2.05, 4.69) is 20.1 Å². The van der Waals surface area contributed by atoms with Gasteiger partial charge in [0.1, 0.15) is 11.9 Å². The van der Waals surface area contributed by atoms with E-state index >= 15 is 0 Å². The summed E-state index contributed by atoms with van der Waals surface area (Å²) in [5.41, 5.74) is 16.2. The van der Waals surface area contributed by atoms with Crippen LogP contribution in [0.25, 0.3) is 0 Å². The SMILES string of the molecule is COc1cc(Cc2cnc(N)nc2N)cc(C(=O)/C=C/N2N=Cc3ccccc3C2c2ccc(OCCCO)nc2)c1OC. The van der Waals surface area contributed by atoms with Gasteiger partial charge in [-0.25, -0.2) is 9.97 Å². The number of fused-ring (bicyclic) bond motifs is 1. The van der Waals surface area contributed by atoms with Crippen molar-refractivity contribution in [2.24, 2.45) is 5.10 Å². The van der Waals surface area contributed by atoms with Crippen LogP contribution < -0.4 is 25.7 Å². The van der Waals surface area contributed by atoms with Gasteiger partial charge in [0.2, 0.25) is 11.8 Å². The lowest BCUT2D eigenvalue weighted by molar-refractivity contribution is 0.104. The van der Waals surface area contributed by atoms with E-state index in [1.54, 1.807) is 48.0 Å². The Kier molecular flexibility index (Phi) is 9.31. The number of ether oxygens (including phenoxy) is 3. The molecule has 0 saturated carbocycles. The van der Waals surface area contributed by atoms with Gasteiger partial charge in [-0.1, -0.05) is 24.3 Å². The maximum atomic E-state index is 13.7. The molecule has 0 radical (unpaired) electrons. The number of nitrogens with zero attached hydrogens (tertiary/aromatic N) is 5. The molecule has 4 aromatic rings. The third-order valence-corrected chi connectivity index (χ3v) is 7.01. The van der Waals surface area contributed by atoms with Crippen molar-refractivity contribution >= 4 is 23.8 Å². The van der Waals surface area contributed by atoms with Gasteiger partial charge in [-0.3, -0.25) is 9.80 Å². The molecule has 2 aromatic carbocycles. The maximum absolute atomic E-state index is 13.7. The van der Waals surface area contributed by atoms with Crippen LogP contribution in [0.5, 0.6) is 17.4 Å². The molecule has 1 aliphatic heterocycles. The molecule has 12 heteroatoms. The molecule has 2 aromatic heterocycles. The highest BCUT2D eigenvalue weighted by atomic mass is 16.5. The summed E-state index contributed by atoms with van der Waals surface area (Å²) in [5, 5.41) is 15.4. The quantitative estimate of drug-likeness (QED) is 0.124. The zero-order chi connectivity index (χ0) is 31.1. The molecule has 0 fully saturated rings. The minimum Gasteiger partial charge on any atom is -0.493 e. The number of hydrogen-bond donors (Lipinski definition) is 3. The van der Waals surface area contributed by atoms with Crippen molar-refractivity contribution in [2.75, 3.05) is 38.9 Å². The summed E-state index contributed by atoms with van der Waals surface area (Å²) in [6, 6.07) is 14.8. The average Bonchev–Trinajstić information content (AvgIpc) is 3.04. The fourth-order valence-corrected chi connectivity index (χ4v) is 4.88. The van der Waals surface area contributed by atoms with Crippen LogP contribution >= 0.6 is 0 Å². The second-order valence-corrected chi connectivity index (χ2v) is 9.89. The monoisotopic (exact) mass is 595 g/mol. The zero-order valence-corrected chi connectivity index (χ0v) is 24.4. The predicted octanol–water partition coefficient (Wildman–Crippen LogP) is 3.54. The molecule has 0 spiro atoms. The Bertz CT molecular complexity index is 1690. The number of nitrogen functional groups attached to an aromatic ring is 2. The van der Waals surface area contributed by atoms with E-state index in [4.69, 9.17) is 30.8 Å². The van der Waals surface area contributed by atoms with E-state index in [0.717, 1.165) is 22.3 Å². The van der Waals surface area contributed by atoms with Gasteiger partial charge in [0.15, 0.2) is 17.3 Å². The van der Waals surface area contributed by atoms with Crippen LogP contribution in [-0.4, -0.2) is 64.5 Å². The third-order valence-electron chi connectivity index (χ3n) is 7.01. The van der Waals surface area contributed by atoms with Crippen LogP contribution in [0.3, 0.4) is 0 Å². The van der Waals surface area contributed by atoms with E-state index in [-0.39, 0.29) is 30.2 Å². The van der Waals surface area contributed by atoms with E-state index in [9.17, 15) is 4.79 Å². The van der Waals surface area contributed by atoms with Crippen molar-refractivity contribution < 1.29 is 24.1 Å². The number of aliphatic hydroxyl groups is 1. The summed E-state index contributed by atoms with van der Waals surface area (Å²) >= 11 is 0. The van der Waals surface area contributed by atoms with Gasteiger partial charge in [-0.15, -0.1) is 0 Å². The molecule has 0 bridgehead atoms. The van der Waals surface area contributed by atoms with Crippen molar-refractivity contribution in [3.8, 4) is 17.4 Å². The number of benzene rings is 2. The number of pyridine rings is 1. The first-order valence-electron chi connectivity index (χ1n) is 13.9. The normalized spacial score (nSPS) is 14.0. The van der Waals surface area contributed by atoms with E-state index in [1.807, 2.05) is 30.3 Å². The van der Waals surface area contributed by atoms with Crippen LogP contribution in [-0.2, 0) is 6.42 Å². The lowest BCUT2D eigenvalue weighted by atomic mass is 9.94. The van der Waals surface area contributed by atoms with Gasteiger partial charge in [0.25, 0.3) is 0 Å². The predicted molar refractivity (Wildman–Crippen MR) is 166 cm³/mol. The number of rotatable bonds is 12. The Hall–Kier alpha value is -5.49. The molecule has 0 amide bonds. The van der Waals surface area contributed by atoms with Gasteiger partial charge in [0, 0.05) is 61.3 Å². The van der Waals surface area contributed by atoms with Gasteiger partial charge < -0.3 is 30.8 Å². The topological polar surface area (TPSA) is 171 Å². The summed E-state index contributed by atoms with van der Waals surface area (Å²) in [4.78, 5) is 26.2. The van der Waals surface area contributed by atoms with Gasteiger partial charge in [-0.05, 0) is 34.9 Å². The Morgan fingerprint density at radius 1 is 1.07 bits per heavy atom. The number of carbonyl (C=O) groups excluding carboxylic acids is 1. The van der Waals surface area contributed by atoms with Crippen LogP contribution in [0, 0.1) is 0 Å². The first-order valence-corrected chi connectivity index (χ1v) is 13.9. The van der Waals surface area contributed by atoms with Crippen molar-refractivity contribution in [1.29, 1.82) is 0 Å². The highest BCUT2D eigenvalue weighted by molar-refractivity contribution is 6.07. The Morgan fingerprint density at radius 3 is 2.64 bits per heavy atom. The molecule has 5 rings (SSSR count). The fraction of sp³-hybridized carbons (Fsp3) is 0.219. The van der Waals surface area contributed by atoms with Crippen molar-refractivity contribution in [2.45, 2.75) is 18.9 Å². The van der Waals surface area contributed by atoms with Crippen LogP contribution in [0.4, 0.5) is 11.8 Å². The highest BCUT2D eigenvalue weighted by Crippen LogP contribution is 2.36. The number of nitrogens with two attached hydrogens (primary N) is 2. The lowest BCUT2D eigenvalue weighted by Crippen LogP contribution is -2.25. The molecule has 0 saturated heterocycles. The van der Waals surface area contributed by atoms with Crippen LogP contribution in [0.2, 0.25) is 0 Å². The van der Waals surface area contributed by atoms with E-state index < -0.39 is 0 Å². The molecule has 1 unspecified atom stereocenters. The fourth-order valence-electron chi connectivity index (χ4n) is 4.88. The lowest BCUT2D eigenvalue weighted by Gasteiger charge is -2.31. The summed E-state index contributed by atoms with van der Waals surface area (Å²) in [6.45, 7) is 0.414. The molecule has 0 aliphatic carbocycles. The summed E-state index contributed by atoms with van der Waals surface area (Å²) in [5.74, 6) is 1.18. The molecule has 5 N–H and O–H groups in total. The third kappa shape index (κ3) is 6.60. The number of hydrazone groups is 1. The minimum atomic E-state index is -0.351. The van der Waals surface area contributed by atoms with E-state index in [1.165, 1.54) is 20.3 Å². The smallest absolute Gasteiger partial charge is 0.221 e. The molecule has 1 aliphatic rings. The summed E-state index contributed by atoms with van der Waals surface area (Å²) in [6.07, 6.45) is 8.98. The standard InChI is InChI=1S/C32H33N7O5/c1-42-27-16-20(14-23-18-36-32(34)38-31(23)33)15-25(30(27)43-2)26(41)10-11-39-29(24-7-4-3-6-21(24)19-37-39)22-8-9-28(35-17-22)44-13-5-12-40/h3-4,6-11,15-19,29,40H,5,12-14H2,1-2H3,(H4,33,34,36,38)/b11-10+. The number of aliphatic hydroxyl groups excluding tert-OH is 1.